The number of aliphatic hydroxyl groups excluding tert-OH is 2. The molecule has 0 saturated carbocycles. The van der Waals surface area contributed by atoms with Crippen LogP contribution in [0.25, 0.3) is 0 Å². The molecule has 17 heavy (non-hydrogen) atoms. The predicted molar refractivity (Wildman–Crippen MR) is 67.7 cm³/mol. The first-order valence-corrected chi connectivity index (χ1v) is 6.22. The standard InChI is InChI=1S/C13H24N2O2/c1-5-7-15-8-6-14-11(15)9-10(16)12(17)13(2,3)4/h6,8,10,12,16-17H,5,7,9H2,1-4H3. The van der Waals surface area contributed by atoms with Crippen LogP contribution in [0.5, 0.6) is 0 Å². The van der Waals surface area contributed by atoms with E-state index in [9.17, 15) is 10.2 Å². The van der Waals surface area contributed by atoms with Gasteiger partial charge in [0.2, 0.25) is 0 Å². The van der Waals surface area contributed by atoms with E-state index >= 15 is 0 Å². The zero-order chi connectivity index (χ0) is 13.1. The molecule has 2 unspecified atom stereocenters. The molecular formula is C13H24N2O2. The normalized spacial score (nSPS) is 15.9. The molecule has 0 fully saturated rings. The molecule has 1 aromatic heterocycles. The van der Waals surface area contributed by atoms with Gasteiger partial charge in [-0.05, 0) is 11.8 Å². The third kappa shape index (κ3) is 3.82. The topological polar surface area (TPSA) is 58.3 Å². The van der Waals surface area contributed by atoms with Gasteiger partial charge >= 0.3 is 0 Å². The summed E-state index contributed by atoms with van der Waals surface area (Å²) in [5.74, 6) is 0.836. The van der Waals surface area contributed by atoms with Crippen molar-refractivity contribution in [3.05, 3.63) is 18.2 Å². The third-order valence-corrected chi connectivity index (χ3v) is 2.91. The Morgan fingerprint density at radius 1 is 1.35 bits per heavy atom. The summed E-state index contributed by atoms with van der Waals surface area (Å²) in [4.78, 5) is 4.23. The molecule has 0 bridgehead atoms. The van der Waals surface area contributed by atoms with Gasteiger partial charge in [-0.25, -0.2) is 4.98 Å². The number of rotatable bonds is 5. The molecule has 0 aromatic carbocycles. The van der Waals surface area contributed by atoms with Crippen molar-refractivity contribution in [1.29, 1.82) is 0 Å². The first kappa shape index (κ1) is 14.2. The lowest BCUT2D eigenvalue weighted by atomic mass is 9.85. The highest BCUT2D eigenvalue weighted by Gasteiger charge is 2.29. The number of nitrogens with zero attached hydrogens (tertiary/aromatic N) is 2. The maximum Gasteiger partial charge on any atom is 0.111 e. The molecule has 0 aliphatic carbocycles. The summed E-state index contributed by atoms with van der Waals surface area (Å²) in [6.07, 6.45) is 3.56. The van der Waals surface area contributed by atoms with E-state index in [4.69, 9.17) is 0 Å². The van der Waals surface area contributed by atoms with Crippen LogP contribution in [0.3, 0.4) is 0 Å². The Morgan fingerprint density at radius 3 is 2.53 bits per heavy atom. The van der Waals surface area contributed by atoms with Gasteiger partial charge in [0.05, 0.1) is 12.2 Å². The van der Waals surface area contributed by atoms with Gasteiger partial charge in [-0.1, -0.05) is 27.7 Å². The van der Waals surface area contributed by atoms with Gasteiger partial charge in [0.15, 0.2) is 0 Å². The Bertz CT molecular complexity index is 341. The highest BCUT2D eigenvalue weighted by molar-refractivity contribution is 4.96. The average molecular weight is 240 g/mol. The van der Waals surface area contributed by atoms with Crippen molar-refractivity contribution in [3.8, 4) is 0 Å². The molecule has 0 aliphatic heterocycles. The van der Waals surface area contributed by atoms with Gasteiger partial charge in [-0.3, -0.25) is 0 Å². The molecule has 2 atom stereocenters. The summed E-state index contributed by atoms with van der Waals surface area (Å²) >= 11 is 0. The summed E-state index contributed by atoms with van der Waals surface area (Å²) in [6.45, 7) is 8.75. The molecular weight excluding hydrogens is 216 g/mol. The summed E-state index contributed by atoms with van der Waals surface area (Å²) in [7, 11) is 0. The Balaban J connectivity index is 2.67. The molecule has 2 N–H and O–H groups in total. The molecule has 0 saturated heterocycles. The predicted octanol–water partition coefficient (Wildman–Crippen LogP) is 1.60. The lowest BCUT2D eigenvalue weighted by molar-refractivity contribution is -0.0444. The fourth-order valence-electron chi connectivity index (χ4n) is 1.85. The van der Waals surface area contributed by atoms with Crippen LogP contribution in [0.2, 0.25) is 0 Å². The molecule has 4 nitrogen and oxygen atoms in total. The maximum absolute atomic E-state index is 10.0. The number of imidazole rings is 1. The first-order valence-electron chi connectivity index (χ1n) is 6.22. The second-order valence-electron chi connectivity index (χ2n) is 5.62. The fourth-order valence-corrected chi connectivity index (χ4v) is 1.85. The second kappa shape index (κ2) is 5.65. The van der Waals surface area contributed by atoms with E-state index in [0.717, 1.165) is 18.8 Å². The number of hydrogen-bond acceptors (Lipinski definition) is 3. The smallest absolute Gasteiger partial charge is 0.111 e. The van der Waals surface area contributed by atoms with Crippen molar-refractivity contribution in [2.75, 3.05) is 0 Å². The van der Waals surface area contributed by atoms with Crippen molar-refractivity contribution in [2.45, 2.75) is 59.3 Å². The van der Waals surface area contributed by atoms with Gasteiger partial charge in [0.25, 0.3) is 0 Å². The largest absolute Gasteiger partial charge is 0.390 e. The van der Waals surface area contributed by atoms with Gasteiger partial charge in [-0.2, -0.15) is 0 Å². The molecule has 0 radical (unpaired) electrons. The maximum atomic E-state index is 10.0. The third-order valence-electron chi connectivity index (χ3n) is 2.91. The molecule has 4 heteroatoms. The van der Waals surface area contributed by atoms with Crippen molar-refractivity contribution in [1.82, 2.24) is 9.55 Å². The summed E-state index contributed by atoms with van der Waals surface area (Å²) < 4.78 is 2.03. The summed E-state index contributed by atoms with van der Waals surface area (Å²) in [6, 6.07) is 0. The molecule has 1 aromatic rings. The van der Waals surface area contributed by atoms with Crippen LogP contribution < -0.4 is 0 Å². The van der Waals surface area contributed by atoms with E-state index in [1.165, 1.54) is 0 Å². The summed E-state index contributed by atoms with van der Waals surface area (Å²) in [5, 5.41) is 20.0. The fraction of sp³-hybridized carbons (Fsp3) is 0.769. The van der Waals surface area contributed by atoms with Crippen molar-refractivity contribution in [2.24, 2.45) is 5.41 Å². The van der Waals surface area contributed by atoms with Gasteiger partial charge in [0, 0.05) is 25.4 Å². The Hall–Kier alpha value is -0.870. The van der Waals surface area contributed by atoms with Crippen molar-refractivity contribution >= 4 is 0 Å². The number of aromatic nitrogens is 2. The van der Waals surface area contributed by atoms with Crippen LogP contribution in [-0.4, -0.2) is 32.0 Å². The van der Waals surface area contributed by atoms with Gasteiger partial charge < -0.3 is 14.8 Å². The number of aryl methyl sites for hydroxylation is 1. The monoisotopic (exact) mass is 240 g/mol. The lowest BCUT2D eigenvalue weighted by Gasteiger charge is -2.29. The Labute approximate surface area is 103 Å². The van der Waals surface area contributed by atoms with E-state index in [2.05, 4.69) is 11.9 Å². The summed E-state index contributed by atoms with van der Waals surface area (Å²) in [5.41, 5.74) is -0.318. The van der Waals surface area contributed by atoms with Crippen LogP contribution in [0.1, 0.15) is 39.9 Å². The molecule has 98 valence electrons. The van der Waals surface area contributed by atoms with E-state index in [1.54, 1.807) is 6.20 Å². The van der Waals surface area contributed by atoms with Crippen molar-refractivity contribution in [3.63, 3.8) is 0 Å². The van der Waals surface area contributed by atoms with E-state index in [1.807, 2.05) is 31.5 Å². The van der Waals surface area contributed by atoms with E-state index in [0.29, 0.717) is 6.42 Å². The number of aliphatic hydroxyl groups is 2. The lowest BCUT2D eigenvalue weighted by Crippen LogP contribution is -2.39. The van der Waals surface area contributed by atoms with Crippen LogP contribution in [0.4, 0.5) is 0 Å². The van der Waals surface area contributed by atoms with Crippen LogP contribution in [0.15, 0.2) is 12.4 Å². The molecule has 1 heterocycles. The Morgan fingerprint density at radius 2 is 2.00 bits per heavy atom. The highest BCUT2D eigenvalue weighted by atomic mass is 16.3. The average Bonchev–Trinajstić information content (AvgIpc) is 2.64. The molecule has 0 aliphatic rings. The van der Waals surface area contributed by atoms with Gasteiger partial charge in [0.1, 0.15) is 5.82 Å². The SMILES string of the molecule is CCCn1ccnc1CC(O)C(O)C(C)(C)C. The van der Waals surface area contributed by atoms with Gasteiger partial charge in [-0.15, -0.1) is 0 Å². The molecule has 0 amide bonds. The van der Waals surface area contributed by atoms with Crippen LogP contribution >= 0.6 is 0 Å². The first-order chi connectivity index (χ1) is 7.86. The quantitative estimate of drug-likeness (QED) is 0.822. The molecule has 0 spiro atoms. The Kier molecular flexibility index (Phi) is 4.71. The van der Waals surface area contributed by atoms with E-state index in [-0.39, 0.29) is 5.41 Å². The molecule has 1 rings (SSSR count). The second-order valence-corrected chi connectivity index (χ2v) is 5.62. The minimum Gasteiger partial charge on any atom is -0.390 e. The zero-order valence-electron chi connectivity index (χ0n) is 11.2. The van der Waals surface area contributed by atoms with E-state index < -0.39 is 12.2 Å². The van der Waals surface area contributed by atoms with Crippen LogP contribution in [-0.2, 0) is 13.0 Å². The van der Waals surface area contributed by atoms with Crippen molar-refractivity contribution < 1.29 is 10.2 Å². The zero-order valence-corrected chi connectivity index (χ0v) is 11.2. The minimum atomic E-state index is -0.770. The highest BCUT2D eigenvalue weighted by Crippen LogP contribution is 2.23. The van der Waals surface area contributed by atoms with Crippen LogP contribution in [0, 0.1) is 5.41 Å². The minimum absolute atomic E-state index is 0.318. The number of hydrogen-bond donors (Lipinski definition) is 2.